The first-order chi connectivity index (χ1) is 65.7. The highest BCUT2D eigenvalue weighted by atomic mass is 32.2. The van der Waals surface area contributed by atoms with E-state index in [-0.39, 0.29) is 69.4 Å². The topological polar surface area (TPSA) is 567 Å². The number of hydrogen-bond donors (Lipinski definition) is 17. The van der Waals surface area contributed by atoms with E-state index in [0.29, 0.717) is 69.0 Å². The van der Waals surface area contributed by atoms with Gasteiger partial charge in [0, 0.05) is 108 Å². The van der Waals surface area contributed by atoms with Gasteiger partial charge >= 0.3 is 5.97 Å². The van der Waals surface area contributed by atoms with Crippen LogP contribution in [-0.2, 0) is 115 Å². The molecule has 10 rings (SSSR count). The number of hydrogen-bond acceptors (Lipinski definition) is 22. The fourth-order valence-electron chi connectivity index (χ4n) is 16.9. The second-order valence-electron chi connectivity index (χ2n) is 35.0. The molecule has 42 heteroatoms. The Balaban J connectivity index is 1.07. The molecule has 7 aromatic rings. The van der Waals surface area contributed by atoms with Gasteiger partial charge in [0.2, 0.25) is 88.6 Å². The number of nitrogens with two attached hydrogens (primary N) is 2. The largest absolute Gasteiger partial charge is 0.508 e. The number of carbonyl (C=O) groups excluding carboxylic acids is 15. The summed E-state index contributed by atoms with van der Waals surface area (Å²) in [6.07, 6.45) is -5.89. The Labute approximate surface area is 797 Å². The van der Waals surface area contributed by atoms with Crippen molar-refractivity contribution in [3.05, 3.63) is 203 Å². The quantitative estimate of drug-likeness (QED) is 0.0365. The number of rotatable bonds is 24. The Morgan fingerprint density at radius 2 is 0.964 bits per heavy atom. The number of phenols is 2. The Morgan fingerprint density at radius 3 is 1.52 bits per heavy atom. The van der Waals surface area contributed by atoms with Crippen LogP contribution in [0.25, 0.3) is 10.9 Å². The third-order valence-electron chi connectivity index (χ3n) is 24.4. The molecule has 0 radical (unpaired) electrons. The molecule has 0 spiro atoms. The van der Waals surface area contributed by atoms with Crippen LogP contribution in [0.2, 0.25) is 0 Å². The maximum absolute atomic E-state index is 15.8. The summed E-state index contributed by atoms with van der Waals surface area (Å²) in [7, 11) is 3.61. The number of aliphatic carboxylic acids is 1. The van der Waals surface area contributed by atoms with Crippen LogP contribution in [0.5, 0.6) is 11.5 Å². The summed E-state index contributed by atoms with van der Waals surface area (Å²) < 4.78 is 45.2. The number of nitrogens with zero attached hydrogens (tertiary/aromatic N) is 5. The molecule has 6 aromatic carbocycles. The van der Waals surface area contributed by atoms with Crippen molar-refractivity contribution in [2.45, 2.75) is 201 Å². The number of carbonyl (C=O) groups is 16. The van der Waals surface area contributed by atoms with E-state index in [1.165, 1.54) is 76.5 Å². The molecule has 138 heavy (non-hydrogen) atoms. The first-order valence-electron chi connectivity index (χ1n) is 45.3. The summed E-state index contributed by atoms with van der Waals surface area (Å²) in [5.74, 6) is -25.4. The molecule has 3 fully saturated rings. The van der Waals surface area contributed by atoms with Crippen molar-refractivity contribution in [3.63, 3.8) is 0 Å². The van der Waals surface area contributed by atoms with Crippen LogP contribution < -0.4 is 59.3 Å². The van der Waals surface area contributed by atoms with Crippen LogP contribution in [0.1, 0.15) is 106 Å². The fourth-order valence-corrected chi connectivity index (χ4v) is 17.8. The number of unbranched alkanes of at least 4 members (excludes halogenated alkanes) is 1. The standard InChI is InChI=1S/C96H118F3N17O21S/c1-7-8-25-74-95(136)116-49-62(120)44-77(116)91(132)108-70(45-81(123)124)88(129)111-83(52(2)3)96(137)113(5)75(40-53-18-11-9-12-19-53)89(130)109-72(38-56-28-32-60(118)33-29-56)93(134)115-48-61(119)43-76(115)90(131)107-69(42-58-46-102-66-23-16-15-22-63(58)66)87(128)106-68(37-55-26-30-59(117)31-27-55)86(127)105-67(24-17-34-100)85(126)110-73(84(125)103-47-79(101)121)50-138-51-80(122)104-71(39-57-35-64(97)82(99)65(98)36-57)92(133)114(6)78(94(135)112(74)4)41-54-20-13-10-14-21-54/h9-16,18-23,26-33,35-36,46,52,61-62,67-78,83,102,117-120H,7-8,17,24-25,34,37-45,47-51,100H2,1-6H3,(H2,101,121)(H,103,125)(H,104,122)(H,105,127)(H,106,128)(H,107,131)(H,108,132)(H,109,130)(H,110,126)(H,111,129)(H,123,124)/t61-,62-,67+,68+,69+,70+,71+,72+,73+,74+,75+,76+,77-,78+,83+/m1/s1. The predicted molar refractivity (Wildman–Crippen MR) is 498 cm³/mol. The average molecular weight is 1940 g/mol. The first kappa shape index (κ1) is 106. The minimum absolute atomic E-state index is 0.00243. The molecule has 3 saturated heterocycles. The molecular weight excluding hydrogens is 1820 g/mol. The number of aromatic amines is 1. The van der Waals surface area contributed by atoms with E-state index in [2.05, 4.69) is 52.8 Å². The van der Waals surface area contributed by atoms with E-state index in [0.717, 1.165) is 31.5 Å². The third-order valence-corrected chi connectivity index (χ3v) is 25.5. The first-order valence-corrected chi connectivity index (χ1v) is 46.4. The normalized spacial score (nSPS) is 24.2. The Kier molecular flexibility index (Phi) is 38.2. The molecule has 740 valence electrons. The summed E-state index contributed by atoms with van der Waals surface area (Å²) in [6, 6.07) is 12.9. The van der Waals surface area contributed by atoms with Gasteiger partial charge in [0.15, 0.2) is 17.5 Å². The van der Waals surface area contributed by atoms with Gasteiger partial charge in [-0.25, -0.2) is 13.2 Å². The van der Waals surface area contributed by atoms with Crippen molar-refractivity contribution in [1.29, 1.82) is 0 Å². The highest BCUT2D eigenvalue weighted by molar-refractivity contribution is 8.00. The SMILES string of the molecule is CCCC[C@H]1C(=O)N2C[C@H](O)C[C@@H]2C(=O)N[C@@H](CC(=O)O)C(=O)N[C@@H](C(C)C)C(=O)N(C)[C@@H](Cc2ccccc2)C(=O)N[C@@H](Cc2ccc(O)cc2)C(=O)N2C[C@H](O)C[C@H]2C(=O)N[C@@H](Cc2c[nH]c3ccccc23)C(=O)N[C@@H](Cc2ccc(O)cc2)C(=O)N[C@@H](CCCN)C(=O)N[C@H](C(=O)NCC(N)=O)CSCC(=O)N[C@@H](Cc2cc(F)c(F)c(F)c2)C(=O)N(C)[C@@H](Cc2ccccc2)C(=O)N1C. The lowest BCUT2D eigenvalue weighted by molar-refractivity contribution is -0.152. The summed E-state index contributed by atoms with van der Waals surface area (Å²) in [6.45, 7) is 2.76. The van der Waals surface area contributed by atoms with Gasteiger partial charge in [0.05, 0.1) is 30.9 Å². The number of halogens is 3. The number of H-pyrrole nitrogens is 1. The summed E-state index contributed by atoms with van der Waals surface area (Å²) in [4.78, 5) is 247. The second-order valence-corrected chi connectivity index (χ2v) is 36.1. The van der Waals surface area contributed by atoms with E-state index in [4.69, 9.17) is 11.5 Å². The van der Waals surface area contributed by atoms with Crippen molar-refractivity contribution in [3.8, 4) is 11.5 Å². The zero-order chi connectivity index (χ0) is 100. The number of aliphatic hydroxyl groups is 2. The van der Waals surface area contributed by atoms with Crippen molar-refractivity contribution in [2.75, 3.05) is 58.8 Å². The molecule has 19 N–H and O–H groups in total. The number of aromatic hydroxyl groups is 2. The lowest BCUT2D eigenvalue weighted by Crippen LogP contribution is -2.62. The Morgan fingerprint density at radius 1 is 0.493 bits per heavy atom. The van der Waals surface area contributed by atoms with Crippen LogP contribution in [0, 0.1) is 23.4 Å². The number of thioether (sulfide) groups is 1. The molecular formula is C96H118F3N17O21S. The van der Waals surface area contributed by atoms with Crippen LogP contribution in [-0.4, -0.2) is 299 Å². The number of carboxylic acid groups (broad SMARTS) is 1. The molecule has 4 heterocycles. The molecule has 0 bridgehead atoms. The minimum Gasteiger partial charge on any atom is -0.508 e. The number of carboxylic acids is 1. The summed E-state index contributed by atoms with van der Waals surface area (Å²) in [5.41, 5.74) is 13.6. The van der Waals surface area contributed by atoms with E-state index < -0.39 is 278 Å². The lowest BCUT2D eigenvalue weighted by Gasteiger charge is -2.38. The van der Waals surface area contributed by atoms with Crippen LogP contribution >= 0.6 is 11.8 Å². The van der Waals surface area contributed by atoms with Crippen molar-refractivity contribution in [1.82, 2.24) is 77.3 Å². The van der Waals surface area contributed by atoms with Gasteiger partial charge in [-0.05, 0) is 108 Å². The Hall–Kier alpha value is -14.0. The number of benzene rings is 6. The van der Waals surface area contributed by atoms with E-state index >= 15 is 51.9 Å². The number of aliphatic hydroxyl groups excluding tert-OH is 2. The number of phenolic OH excluding ortho intramolecular Hbond substituents is 2. The molecule has 0 saturated carbocycles. The van der Waals surface area contributed by atoms with Crippen molar-refractivity contribution >= 4 is 117 Å². The predicted octanol–water partition coefficient (Wildman–Crippen LogP) is 0.443. The van der Waals surface area contributed by atoms with Gasteiger partial charge in [-0.3, -0.25) is 76.7 Å². The van der Waals surface area contributed by atoms with Gasteiger partial charge in [-0.2, -0.15) is 0 Å². The van der Waals surface area contributed by atoms with E-state index in [1.807, 2.05) is 0 Å². The van der Waals surface area contributed by atoms with Crippen LogP contribution in [0.3, 0.4) is 0 Å². The summed E-state index contributed by atoms with van der Waals surface area (Å²) in [5, 5.41) is 78.2. The van der Waals surface area contributed by atoms with E-state index in [1.54, 1.807) is 98.0 Å². The molecule has 15 atom stereocenters. The number of nitrogens with one attached hydrogen (secondary N) is 10. The lowest BCUT2D eigenvalue weighted by atomic mass is 9.98. The molecule has 15 amide bonds. The van der Waals surface area contributed by atoms with Gasteiger partial charge < -0.3 is 114 Å². The van der Waals surface area contributed by atoms with Crippen LogP contribution in [0.15, 0.2) is 152 Å². The van der Waals surface area contributed by atoms with Gasteiger partial charge in [0.1, 0.15) is 90.0 Å². The fraction of sp³-hybridized carbons (Fsp3) is 0.438. The molecule has 0 aliphatic carbocycles. The Bertz CT molecular complexity index is 5510. The van der Waals surface area contributed by atoms with Gasteiger partial charge in [-0.15, -0.1) is 11.8 Å². The second kappa shape index (κ2) is 49.7. The number of amides is 15. The van der Waals surface area contributed by atoms with E-state index in [9.17, 15) is 63.5 Å². The molecule has 0 unspecified atom stereocenters. The molecule has 3 aliphatic rings. The maximum Gasteiger partial charge on any atom is 0.305 e. The average Bonchev–Trinajstić information content (AvgIpc) is 1.81. The zero-order valence-corrected chi connectivity index (χ0v) is 77.8. The smallest absolute Gasteiger partial charge is 0.305 e. The number of aromatic nitrogens is 1. The molecule has 3 aliphatic heterocycles. The van der Waals surface area contributed by atoms with Crippen molar-refractivity contribution in [2.24, 2.45) is 17.4 Å². The van der Waals surface area contributed by atoms with Crippen LogP contribution in [0.4, 0.5) is 13.2 Å². The molecule has 38 nitrogen and oxygen atoms in total. The number of likely N-dealkylation sites (N-methyl/N-ethyl adjacent to an activating group) is 3. The minimum atomic E-state index is -2.06. The number of primary amides is 1. The highest BCUT2D eigenvalue weighted by Gasteiger charge is 2.48. The monoisotopic (exact) mass is 1930 g/mol. The third kappa shape index (κ3) is 28.8. The molecule has 1 aromatic heterocycles. The maximum atomic E-state index is 15.8. The number of para-hydroxylation sites is 1. The van der Waals surface area contributed by atoms with Crippen molar-refractivity contribution < 1.29 is 115 Å². The van der Waals surface area contributed by atoms with Gasteiger partial charge in [0.25, 0.3) is 0 Å². The highest BCUT2D eigenvalue weighted by Crippen LogP contribution is 2.29. The van der Waals surface area contributed by atoms with Gasteiger partial charge in [-0.1, -0.05) is 137 Å². The number of fused-ring (bicyclic) bond motifs is 3. The zero-order valence-electron chi connectivity index (χ0n) is 77.0. The summed E-state index contributed by atoms with van der Waals surface area (Å²) >= 11 is 0.634.